The third-order valence-corrected chi connectivity index (χ3v) is 11.6. The molecule has 4 rings (SSSR count). The Morgan fingerprint density at radius 3 is 2.44 bits per heavy atom. The second-order valence-electron chi connectivity index (χ2n) is 13.3. The van der Waals surface area contributed by atoms with Crippen LogP contribution >= 0.6 is 0 Å². The Bertz CT molecular complexity index is 832. The van der Waals surface area contributed by atoms with Gasteiger partial charge >= 0.3 is 0 Å². The summed E-state index contributed by atoms with van der Waals surface area (Å²) in [6.45, 7) is 16.9. The molecule has 1 N–H and O–H groups in total. The quantitative estimate of drug-likeness (QED) is 0.445. The Morgan fingerprint density at radius 2 is 1.75 bits per heavy atom. The molecule has 180 valence electrons. The summed E-state index contributed by atoms with van der Waals surface area (Å²) in [6.07, 6.45) is 14.1. The molecule has 2 heteroatoms. The van der Waals surface area contributed by atoms with Gasteiger partial charge in [0.25, 0.3) is 0 Å². The normalized spacial score (nSPS) is 42.4. The standard InChI is InChI=1S/C30H48O2/c1-20(19-31)9-8-10-21(2)22-13-17-30(7)24-11-12-25-27(3,4)26(32)15-16-28(25,5)23(24)14-18-29(22,30)6/h9,21-22,25,31H,8,10-19H2,1-7H3/b20-9-/t21-,22-,25-,28+,29-,30+/m0/s1. The maximum atomic E-state index is 12.8. The highest BCUT2D eigenvalue weighted by molar-refractivity contribution is 5.85. The Balaban J connectivity index is 1.62. The minimum absolute atomic E-state index is 0.167. The van der Waals surface area contributed by atoms with Crippen LogP contribution in [0, 0.1) is 39.4 Å². The number of hydrogen-bond acceptors (Lipinski definition) is 2. The van der Waals surface area contributed by atoms with Crippen molar-refractivity contribution in [3.63, 3.8) is 0 Å². The molecule has 2 nitrogen and oxygen atoms in total. The Labute approximate surface area is 197 Å². The number of hydrogen-bond donors (Lipinski definition) is 1. The van der Waals surface area contributed by atoms with Gasteiger partial charge in [-0.15, -0.1) is 0 Å². The summed E-state index contributed by atoms with van der Waals surface area (Å²) >= 11 is 0. The van der Waals surface area contributed by atoms with E-state index in [2.05, 4.69) is 47.6 Å². The fourth-order valence-electron chi connectivity index (χ4n) is 9.30. The number of carbonyl (C=O) groups excluding carboxylic acids is 1. The first-order valence-electron chi connectivity index (χ1n) is 13.4. The van der Waals surface area contributed by atoms with Gasteiger partial charge in [0.15, 0.2) is 0 Å². The maximum Gasteiger partial charge on any atom is 0.138 e. The molecular formula is C30H48O2. The van der Waals surface area contributed by atoms with Crippen molar-refractivity contribution in [1.29, 1.82) is 0 Å². The molecule has 6 atom stereocenters. The number of carbonyl (C=O) groups is 1. The molecule has 2 fully saturated rings. The molecule has 0 spiro atoms. The number of fused-ring (bicyclic) bond motifs is 4. The van der Waals surface area contributed by atoms with Crippen molar-refractivity contribution in [2.75, 3.05) is 6.61 Å². The summed E-state index contributed by atoms with van der Waals surface area (Å²) in [7, 11) is 0. The summed E-state index contributed by atoms with van der Waals surface area (Å²) in [4.78, 5) is 12.8. The summed E-state index contributed by atoms with van der Waals surface area (Å²) in [5, 5.41) is 9.31. The van der Waals surface area contributed by atoms with Crippen LogP contribution in [-0.2, 0) is 4.79 Å². The highest BCUT2D eigenvalue weighted by Crippen LogP contribution is 2.72. The molecule has 0 amide bonds. The van der Waals surface area contributed by atoms with Gasteiger partial charge < -0.3 is 5.11 Å². The van der Waals surface area contributed by atoms with E-state index in [0.717, 1.165) is 36.7 Å². The Kier molecular flexibility index (Phi) is 6.14. The van der Waals surface area contributed by atoms with Crippen molar-refractivity contribution in [3.8, 4) is 0 Å². The predicted octanol–water partition coefficient (Wildman–Crippen LogP) is 7.66. The molecule has 0 aromatic carbocycles. The van der Waals surface area contributed by atoms with E-state index in [1.807, 2.05) is 12.5 Å². The van der Waals surface area contributed by atoms with Gasteiger partial charge in [-0.25, -0.2) is 0 Å². The number of ketones is 1. The molecule has 4 aliphatic rings. The van der Waals surface area contributed by atoms with Crippen molar-refractivity contribution in [3.05, 3.63) is 22.8 Å². The van der Waals surface area contributed by atoms with E-state index >= 15 is 0 Å². The van der Waals surface area contributed by atoms with Gasteiger partial charge in [-0.2, -0.15) is 0 Å². The summed E-state index contributed by atoms with van der Waals surface area (Å²) in [5.41, 5.74) is 5.49. The molecular weight excluding hydrogens is 392 g/mol. The van der Waals surface area contributed by atoms with Crippen LogP contribution in [0.5, 0.6) is 0 Å². The number of allylic oxidation sites excluding steroid dienone is 3. The van der Waals surface area contributed by atoms with Crippen LogP contribution in [0.4, 0.5) is 0 Å². The zero-order chi connectivity index (χ0) is 23.5. The van der Waals surface area contributed by atoms with Crippen LogP contribution < -0.4 is 0 Å². The van der Waals surface area contributed by atoms with E-state index in [-0.39, 0.29) is 17.4 Å². The zero-order valence-corrected chi connectivity index (χ0v) is 21.9. The first-order valence-corrected chi connectivity index (χ1v) is 13.4. The maximum absolute atomic E-state index is 12.8. The van der Waals surface area contributed by atoms with Crippen LogP contribution in [-0.4, -0.2) is 17.5 Å². The fraction of sp³-hybridized carbons (Fsp3) is 0.833. The molecule has 0 aliphatic heterocycles. The topological polar surface area (TPSA) is 37.3 Å². The smallest absolute Gasteiger partial charge is 0.138 e. The van der Waals surface area contributed by atoms with Gasteiger partial charge in [0.2, 0.25) is 0 Å². The lowest BCUT2D eigenvalue weighted by Crippen LogP contribution is -2.53. The van der Waals surface area contributed by atoms with E-state index in [0.29, 0.717) is 22.5 Å². The second-order valence-corrected chi connectivity index (χ2v) is 13.3. The Hall–Kier alpha value is -0.890. The van der Waals surface area contributed by atoms with Gasteiger partial charge in [-0.1, -0.05) is 64.3 Å². The molecule has 4 aliphatic carbocycles. The van der Waals surface area contributed by atoms with Crippen LogP contribution in [0.2, 0.25) is 0 Å². The number of rotatable bonds is 5. The van der Waals surface area contributed by atoms with Crippen molar-refractivity contribution < 1.29 is 9.90 Å². The third kappa shape index (κ3) is 3.33. The van der Waals surface area contributed by atoms with Crippen LogP contribution in [0.15, 0.2) is 22.8 Å². The third-order valence-electron chi connectivity index (χ3n) is 11.6. The predicted molar refractivity (Wildman–Crippen MR) is 133 cm³/mol. The van der Waals surface area contributed by atoms with Gasteiger partial charge in [-0.3, -0.25) is 4.79 Å². The van der Waals surface area contributed by atoms with Crippen LogP contribution in [0.3, 0.4) is 0 Å². The molecule has 0 saturated heterocycles. The Morgan fingerprint density at radius 1 is 1.03 bits per heavy atom. The lowest BCUT2D eigenvalue weighted by molar-refractivity contribution is -0.139. The number of Topliss-reactive ketones (excluding diaryl/α,β-unsaturated/α-hetero) is 1. The van der Waals surface area contributed by atoms with E-state index in [1.165, 1.54) is 44.9 Å². The SMILES string of the molecule is C/C(=C/CC[C@H](C)[C@@H]1CC[C@]2(C)C3=C(CC[C@@]12C)[C@@]1(C)CCC(=O)C(C)(C)[C@@H]1CC3)CO. The lowest BCUT2D eigenvalue weighted by atomic mass is 9.43. The molecule has 0 unspecified atom stereocenters. The van der Waals surface area contributed by atoms with E-state index < -0.39 is 0 Å². The number of aliphatic hydroxyl groups excluding tert-OH is 1. The average Bonchev–Trinajstić information content (AvgIpc) is 3.02. The molecule has 0 aromatic rings. The van der Waals surface area contributed by atoms with Crippen LogP contribution in [0.25, 0.3) is 0 Å². The molecule has 0 aromatic heterocycles. The van der Waals surface area contributed by atoms with Gasteiger partial charge in [0.1, 0.15) is 5.78 Å². The zero-order valence-electron chi connectivity index (χ0n) is 21.9. The first kappa shape index (κ1) is 24.2. The van der Waals surface area contributed by atoms with Crippen LogP contribution in [0.1, 0.15) is 113 Å². The number of aliphatic hydroxyl groups is 1. The summed E-state index contributed by atoms with van der Waals surface area (Å²) in [6, 6.07) is 0. The second kappa shape index (κ2) is 8.10. The van der Waals surface area contributed by atoms with E-state index in [1.54, 1.807) is 5.57 Å². The van der Waals surface area contributed by atoms with E-state index in [4.69, 9.17) is 0 Å². The molecule has 2 saturated carbocycles. The molecule has 0 heterocycles. The van der Waals surface area contributed by atoms with Crippen molar-refractivity contribution >= 4 is 5.78 Å². The molecule has 0 bridgehead atoms. The lowest BCUT2D eigenvalue weighted by Gasteiger charge is -2.61. The minimum atomic E-state index is -0.167. The highest BCUT2D eigenvalue weighted by atomic mass is 16.3. The highest BCUT2D eigenvalue weighted by Gasteiger charge is 2.63. The molecule has 32 heavy (non-hydrogen) atoms. The van der Waals surface area contributed by atoms with Gasteiger partial charge in [0.05, 0.1) is 6.61 Å². The van der Waals surface area contributed by atoms with Gasteiger partial charge in [0, 0.05) is 11.8 Å². The fourth-order valence-corrected chi connectivity index (χ4v) is 9.30. The summed E-state index contributed by atoms with van der Waals surface area (Å²) in [5.74, 6) is 2.53. The molecule has 0 radical (unpaired) electrons. The minimum Gasteiger partial charge on any atom is -0.392 e. The van der Waals surface area contributed by atoms with E-state index in [9.17, 15) is 9.90 Å². The summed E-state index contributed by atoms with van der Waals surface area (Å²) < 4.78 is 0. The van der Waals surface area contributed by atoms with Crippen molar-refractivity contribution in [2.24, 2.45) is 39.4 Å². The first-order chi connectivity index (χ1) is 14.9. The van der Waals surface area contributed by atoms with Crippen molar-refractivity contribution in [2.45, 2.75) is 113 Å². The van der Waals surface area contributed by atoms with Crippen molar-refractivity contribution in [1.82, 2.24) is 0 Å². The average molecular weight is 441 g/mol. The monoisotopic (exact) mass is 440 g/mol. The largest absolute Gasteiger partial charge is 0.392 e. The van der Waals surface area contributed by atoms with Gasteiger partial charge in [-0.05, 0) is 98.7 Å².